The lowest BCUT2D eigenvalue weighted by molar-refractivity contribution is 0.306. The van der Waals surface area contributed by atoms with Crippen molar-refractivity contribution in [2.24, 2.45) is 14.1 Å². The van der Waals surface area contributed by atoms with Gasteiger partial charge in [0.05, 0.1) is 0 Å². The summed E-state index contributed by atoms with van der Waals surface area (Å²) in [4.78, 5) is 33.6. The molecule has 0 amide bonds. The highest BCUT2D eigenvalue weighted by Crippen LogP contribution is 2.05. The van der Waals surface area contributed by atoms with Crippen LogP contribution in [0.15, 0.2) is 9.59 Å². The van der Waals surface area contributed by atoms with Crippen LogP contribution in [0.5, 0.6) is 0 Å². The van der Waals surface area contributed by atoms with Crippen molar-refractivity contribution < 1.29 is 0 Å². The number of H-pyrrole nitrogens is 1. The summed E-state index contributed by atoms with van der Waals surface area (Å²) >= 11 is 0. The molecular formula is C13H21N5O2. The van der Waals surface area contributed by atoms with Gasteiger partial charge in [0.1, 0.15) is 11.3 Å². The van der Waals surface area contributed by atoms with Crippen LogP contribution in [0.1, 0.15) is 19.7 Å². The second kappa shape index (κ2) is 5.62. The zero-order valence-corrected chi connectivity index (χ0v) is 12.4. The summed E-state index contributed by atoms with van der Waals surface area (Å²) in [6.45, 7) is 7.07. The fourth-order valence-corrected chi connectivity index (χ4v) is 2.30. The molecule has 7 heteroatoms. The number of aromatic amines is 1. The average molecular weight is 279 g/mol. The lowest BCUT2D eigenvalue weighted by atomic mass is 10.3. The second-order valence-corrected chi connectivity index (χ2v) is 4.86. The van der Waals surface area contributed by atoms with Crippen molar-refractivity contribution in [1.29, 1.82) is 0 Å². The van der Waals surface area contributed by atoms with E-state index in [4.69, 9.17) is 0 Å². The van der Waals surface area contributed by atoms with E-state index in [2.05, 4.69) is 28.7 Å². The molecule has 2 aromatic rings. The summed E-state index contributed by atoms with van der Waals surface area (Å²) in [5, 5.41) is 0. The average Bonchev–Trinajstić information content (AvgIpc) is 2.88. The Labute approximate surface area is 116 Å². The normalized spacial score (nSPS) is 11.7. The molecule has 2 rings (SSSR count). The Morgan fingerprint density at radius 1 is 1.15 bits per heavy atom. The number of nitrogens with one attached hydrogen (secondary N) is 1. The van der Waals surface area contributed by atoms with E-state index in [-0.39, 0.29) is 11.2 Å². The van der Waals surface area contributed by atoms with Crippen molar-refractivity contribution in [3.05, 3.63) is 26.7 Å². The fraction of sp³-hybridized carbons (Fsp3) is 0.615. The molecule has 0 saturated carbocycles. The van der Waals surface area contributed by atoms with E-state index in [1.165, 1.54) is 11.6 Å². The van der Waals surface area contributed by atoms with E-state index in [1.54, 1.807) is 7.05 Å². The molecule has 0 saturated heterocycles. The van der Waals surface area contributed by atoms with Gasteiger partial charge in [-0.1, -0.05) is 13.8 Å². The molecule has 7 nitrogen and oxygen atoms in total. The number of likely N-dealkylation sites (N-methyl/N-ethyl adjacent to an activating group) is 1. The van der Waals surface area contributed by atoms with Crippen LogP contribution in [0.2, 0.25) is 0 Å². The van der Waals surface area contributed by atoms with Crippen molar-refractivity contribution in [3.8, 4) is 0 Å². The van der Waals surface area contributed by atoms with Crippen molar-refractivity contribution >= 4 is 11.2 Å². The monoisotopic (exact) mass is 279 g/mol. The molecule has 0 unspecified atom stereocenters. The molecule has 0 atom stereocenters. The molecule has 0 aliphatic heterocycles. The largest absolute Gasteiger partial charge is 0.336 e. The van der Waals surface area contributed by atoms with E-state index in [0.29, 0.717) is 11.2 Å². The van der Waals surface area contributed by atoms with Gasteiger partial charge in [0.15, 0.2) is 5.65 Å². The van der Waals surface area contributed by atoms with Crippen LogP contribution < -0.4 is 11.2 Å². The minimum Gasteiger partial charge on any atom is -0.336 e. The van der Waals surface area contributed by atoms with Crippen LogP contribution in [0.4, 0.5) is 0 Å². The van der Waals surface area contributed by atoms with Gasteiger partial charge in [-0.3, -0.25) is 13.9 Å². The molecule has 20 heavy (non-hydrogen) atoms. The summed E-state index contributed by atoms with van der Waals surface area (Å²) in [5.74, 6) is 0.741. The topological polar surface area (TPSA) is 75.9 Å². The molecule has 110 valence electrons. The lowest BCUT2D eigenvalue weighted by Crippen LogP contribution is -2.36. The van der Waals surface area contributed by atoms with Crippen LogP contribution in [0.3, 0.4) is 0 Å². The molecule has 0 aliphatic rings. The number of aromatic nitrogens is 4. The SMILES string of the molecule is CCN(CC)CCc1nc2c([nH]1)c(=O)n(C)c(=O)n2C. The maximum Gasteiger partial charge on any atom is 0.332 e. The summed E-state index contributed by atoms with van der Waals surface area (Å²) in [6, 6.07) is 0. The molecule has 1 N–H and O–H groups in total. The van der Waals surface area contributed by atoms with Gasteiger partial charge in [-0.15, -0.1) is 0 Å². The first-order valence-corrected chi connectivity index (χ1v) is 6.86. The van der Waals surface area contributed by atoms with Crippen molar-refractivity contribution in [2.45, 2.75) is 20.3 Å². The van der Waals surface area contributed by atoms with Gasteiger partial charge in [0.25, 0.3) is 5.56 Å². The summed E-state index contributed by atoms with van der Waals surface area (Å²) in [7, 11) is 3.10. The Balaban J connectivity index is 2.40. The highest BCUT2D eigenvalue weighted by atomic mass is 16.2. The van der Waals surface area contributed by atoms with Gasteiger partial charge < -0.3 is 9.88 Å². The molecule has 0 bridgehead atoms. The van der Waals surface area contributed by atoms with Gasteiger partial charge in [-0.05, 0) is 13.1 Å². The molecule has 0 fully saturated rings. The summed E-state index contributed by atoms with van der Waals surface area (Å²) < 4.78 is 2.49. The van der Waals surface area contributed by atoms with Gasteiger partial charge >= 0.3 is 5.69 Å². The summed E-state index contributed by atoms with van der Waals surface area (Å²) in [6.07, 6.45) is 0.730. The van der Waals surface area contributed by atoms with Crippen molar-refractivity contribution in [3.63, 3.8) is 0 Å². The molecule has 0 aromatic carbocycles. The van der Waals surface area contributed by atoms with Gasteiger partial charge in [0.2, 0.25) is 0 Å². The zero-order chi connectivity index (χ0) is 14.9. The molecular weight excluding hydrogens is 258 g/mol. The molecule has 2 aromatic heterocycles. The Bertz CT molecular complexity index is 721. The number of nitrogens with zero attached hydrogens (tertiary/aromatic N) is 4. The maximum atomic E-state index is 12.0. The highest BCUT2D eigenvalue weighted by molar-refractivity contribution is 5.69. The highest BCUT2D eigenvalue weighted by Gasteiger charge is 2.13. The summed E-state index contributed by atoms with van der Waals surface area (Å²) in [5.41, 5.74) is 0.130. The predicted octanol–water partition coefficient (Wildman–Crippen LogP) is -0.155. The quantitative estimate of drug-likeness (QED) is 0.825. The lowest BCUT2D eigenvalue weighted by Gasteiger charge is -2.16. The Hall–Kier alpha value is -1.89. The van der Waals surface area contributed by atoms with E-state index in [9.17, 15) is 9.59 Å². The first kappa shape index (κ1) is 14.5. The Morgan fingerprint density at radius 2 is 1.80 bits per heavy atom. The smallest absolute Gasteiger partial charge is 0.332 e. The van der Waals surface area contributed by atoms with Crippen LogP contribution in [-0.2, 0) is 20.5 Å². The standard InChI is InChI=1S/C13H21N5O2/c1-5-18(6-2)8-7-9-14-10-11(15-9)16(3)13(20)17(4)12(10)19/h5-8H2,1-4H3,(H,14,15). The first-order valence-electron chi connectivity index (χ1n) is 6.86. The third-order valence-electron chi connectivity index (χ3n) is 3.70. The fourth-order valence-electron chi connectivity index (χ4n) is 2.30. The predicted molar refractivity (Wildman–Crippen MR) is 78.1 cm³/mol. The number of rotatable bonds is 5. The third-order valence-corrected chi connectivity index (χ3v) is 3.70. The molecule has 0 aliphatic carbocycles. The van der Waals surface area contributed by atoms with E-state index < -0.39 is 0 Å². The van der Waals surface area contributed by atoms with Gasteiger partial charge in [-0.2, -0.15) is 0 Å². The zero-order valence-electron chi connectivity index (χ0n) is 12.4. The third kappa shape index (κ3) is 2.40. The van der Waals surface area contributed by atoms with Crippen molar-refractivity contribution in [1.82, 2.24) is 24.0 Å². The number of fused-ring (bicyclic) bond motifs is 1. The van der Waals surface area contributed by atoms with Gasteiger partial charge in [0, 0.05) is 27.1 Å². The van der Waals surface area contributed by atoms with Crippen LogP contribution >= 0.6 is 0 Å². The number of hydrogen-bond acceptors (Lipinski definition) is 4. The maximum absolute atomic E-state index is 12.0. The van der Waals surface area contributed by atoms with E-state index in [1.807, 2.05) is 0 Å². The number of aryl methyl sites for hydroxylation is 1. The van der Waals surface area contributed by atoms with Crippen molar-refractivity contribution in [2.75, 3.05) is 19.6 Å². The Morgan fingerprint density at radius 3 is 2.40 bits per heavy atom. The molecule has 2 heterocycles. The van der Waals surface area contributed by atoms with Gasteiger partial charge in [-0.25, -0.2) is 9.78 Å². The minimum atomic E-state index is -0.357. The molecule has 0 spiro atoms. The number of imidazole rings is 1. The minimum absolute atomic E-state index is 0.329. The van der Waals surface area contributed by atoms with Crippen LogP contribution in [0, 0.1) is 0 Å². The number of hydrogen-bond donors (Lipinski definition) is 1. The van der Waals surface area contributed by atoms with E-state index >= 15 is 0 Å². The van der Waals surface area contributed by atoms with E-state index in [0.717, 1.165) is 36.4 Å². The Kier molecular flexibility index (Phi) is 4.08. The van der Waals surface area contributed by atoms with Crippen LogP contribution in [0.25, 0.3) is 11.2 Å². The first-order chi connectivity index (χ1) is 9.49. The molecule has 0 radical (unpaired) electrons. The van der Waals surface area contributed by atoms with Crippen LogP contribution in [-0.4, -0.2) is 43.6 Å². The second-order valence-electron chi connectivity index (χ2n) is 4.86.